The van der Waals surface area contributed by atoms with Crippen LogP contribution in [0.3, 0.4) is 0 Å². The van der Waals surface area contributed by atoms with Gasteiger partial charge in [-0.3, -0.25) is 4.40 Å². The molecule has 5 nitrogen and oxygen atoms in total. The molecule has 1 aromatic carbocycles. The highest BCUT2D eigenvalue weighted by atomic mass is 79.9. The minimum Gasteiger partial charge on any atom is -0.496 e. The normalized spacial score (nSPS) is 10.8. The van der Waals surface area contributed by atoms with Crippen molar-refractivity contribution in [1.29, 1.82) is 0 Å². The first-order chi connectivity index (χ1) is 10.2. The Morgan fingerprint density at radius 1 is 1.14 bits per heavy atom. The van der Waals surface area contributed by atoms with E-state index in [1.54, 1.807) is 18.6 Å². The van der Waals surface area contributed by atoms with E-state index in [0.717, 1.165) is 10.0 Å². The van der Waals surface area contributed by atoms with Gasteiger partial charge in [0, 0.05) is 16.2 Å². The Hall–Kier alpha value is -2.21. The number of anilines is 1. The van der Waals surface area contributed by atoms with Crippen molar-refractivity contribution in [3.63, 3.8) is 0 Å². The summed E-state index contributed by atoms with van der Waals surface area (Å²) in [6, 6.07) is 9.44. The Bertz CT molecular complexity index is 814. The summed E-state index contributed by atoms with van der Waals surface area (Å²) in [5.74, 6) is 1.93. The van der Waals surface area contributed by atoms with Crippen LogP contribution >= 0.6 is 15.9 Å². The SMILES string of the molecule is COc1ccc(Br)cc1-c1nc2c(OC)cccn2c1N. The van der Waals surface area contributed by atoms with E-state index in [1.807, 2.05) is 36.5 Å². The van der Waals surface area contributed by atoms with Crippen molar-refractivity contribution in [1.82, 2.24) is 9.38 Å². The number of nitrogens with two attached hydrogens (primary N) is 1. The van der Waals surface area contributed by atoms with Crippen LogP contribution in [0.15, 0.2) is 41.0 Å². The lowest BCUT2D eigenvalue weighted by Crippen LogP contribution is -1.96. The molecule has 0 fully saturated rings. The maximum Gasteiger partial charge on any atom is 0.181 e. The molecular formula is C15H14BrN3O2. The van der Waals surface area contributed by atoms with Crippen LogP contribution in [0.2, 0.25) is 0 Å². The average Bonchev–Trinajstić information content (AvgIpc) is 2.84. The first-order valence-electron chi connectivity index (χ1n) is 6.30. The number of imidazole rings is 1. The number of rotatable bonds is 3. The van der Waals surface area contributed by atoms with Crippen LogP contribution in [0.25, 0.3) is 16.9 Å². The van der Waals surface area contributed by atoms with Crippen LogP contribution in [0, 0.1) is 0 Å². The Morgan fingerprint density at radius 2 is 1.90 bits per heavy atom. The first kappa shape index (κ1) is 13.8. The Morgan fingerprint density at radius 3 is 2.62 bits per heavy atom. The maximum atomic E-state index is 6.24. The summed E-state index contributed by atoms with van der Waals surface area (Å²) in [5.41, 5.74) is 8.41. The van der Waals surface area contributed by atoms with Gasteiger partial charge in [0.15, 0.2) is 11.4 Å². The van der Waals surface area contributed by atoms with Crippen molar-refractivity contribution in [2.45, 2.75) is 0 Å². The van der Waals surface area contributed by atoms with Gasteiger partial charge in [-0.25, -0.2) is 4.98 Å². The van der Waals surface area contributed by atoms with Crippen LogP contribution in [0.4, 0.5) is 5.82 Å². The molecule has 0 aliphatic heterocycles. The van der Waals surface area contributed by atoms with E-state index in [1.165, 1.54) is 0 Å². The third-order valence-corrected chi connectivity index (χ3v) is 3.78. The predicted molar refractivity (Wildman–Crippen MR) is 85.8 cm³/mol. The van der Waals surface area contributed by atoms with Crippen molar-refractivity contribution in [3.05, 3.63) is 41.0 Å². The third kappa shape index (κ3) is 2.21. The van der Waals surface area contributed by atoms with Gasteiger partial charge in [-0.2, -0.15) is 0 Å². The van der Waals surface area contributed by atoms with E-state index in [9.17, 15) is 0 Å². The summed E-state index contributed by atoms with van der Waals surface area (Å²) in [7, 11) is 3.23. The van der Waals surface area contributed by atoms with E-state index in [-0.39, 0.29) is 0 Å². The van der Waals surface area contributed by atoms with Gasteiger partial charge in [0.2, 0.25) is 0 Å². The van der Waals surface area contributed by atoms with Crippen LogP contribution in [-0.2, 0) is 0 Å². The fourth-order valence-corrected chi connectivity index (χ4v) is 2.64. The number of fused-ring (bicyclic) bond motifs is 1. The molecule has 0 saturated heterocycles. The number of nitrogen functional groups attached to an aromatic ring is 1. The summed E-state index contributed by atoms with van der Waals surface area (Å²) in [5, 5.41) is 0. The van der Waals surface area contributed by atoms with Crippen molar-refractivity contribution < 1.29 is 9.47 Å². The molecule has 3 rings (SSSR count). The summed E-state index contributed by atoms with van der Waals surface area (Å²) in [6.45, 7) is 0. The first-order valence-corrected chi connectivity index (χ1v) is 7.09. The van der Waals surface area contributed by atoms with Crippen LogP contribution in [-0.4, -0.2) is 23.6 Å². The molecule has 0 aliphatic rings. The smallest absolute Gasteiger partial charge is 0.181 e. The van der Waals surface area contributed by atoms with Crippen molar-refractivity contribution in [3.8, 4) is 22.8 Å². The van der Waals surface area contributed by atoms with E-state index in [0.29, 0.717) is 28.7 Å². The molecule has 2 heterocycles. The van der Waals surface area contributed by atoms with E-state index >= 15 is 0 Å². The topological polar surface area (TPSA) is 61.8 Å². The number of pyridine rings is 1. The Balaban J connectivity index is 2.31. The number of hydrogen-bond acceptors (Lipinski definition) is 4. The largest absolute Gasteiger partial charge is 0.496 e. The van der Waals surface area contributed by atoms with Gasteiger partial charge >= 0.3 is 0 Å². The lowest BCUT2D eigenvalue weighted by molar-refractivity contribution is 0.416. The van der Waals surface area contributed by atoms with Gasteiger partial charge in [-0.05, 0) is 30.3 Å². The van der Waals surface area contributed by atoms with Crippen LogP contribution in [0.1, 0.15) is 0 Å². The molecule has 21 heavy (non-hydrogen) atoms. The Kier molecular flexibility index (Phi) is 3.47. The van der Waals surface area contributed by atoms with Gasteiger partial charge < -0.3 is 15.2 Å². The molecule has 2 N–H and O–H groups in total. The van der Waals surface area contributed by atoms with Gasteiger partial charge in [-0.1, -0.05) is 15.9 Å². The zero-order valence-corrected chi connectivity index (χ0v) is 13.2. The number of hydrogen-bond donors (Lipinski definition) is 1. The molecule has 108 valence electrons. The van der Waals surface area contributed by atoms with Crippen molar-refractivity contribution in [2.75, 3.05) is 20.0 Å². The zero-order chi connectivity index (χ0) is 15.0. The fourth-order valence-electron chi connectivity index (χ4n) is 2.28. The Labute approximate surface area is 130 Å². The molecule has 0 spiro atoms. The van der Waals surface area contributed by atoms with Gasteiger partial charge in [0.05, 0.1) is 14.2 Å². The summed E-state index contributed by atoms with van der Waals surface area (Å²) >= 11 is 3.46. The number of benzene rings is 1. The number of ether oxygens (including phenoxy) is 2. The third-order valence-electron chi connectivity index (χ3n) is 3.29. The van der Waals surface area contributed by atoms with Crippen molar-refractivity contribution >= 4 is 27.4 Å². The van der Waals surface area contributed by atoms with Crippen molar-refractivity contribution in [2.24, 2.45) is 0 Å². The minimum absolute atomic E-state index is 0.542. The monoisotopic (exact) mass is 347 g/mol. The number of methoxy groups -OCH3 is 2. The molecule has 0 saturated carbocycles. The molecule has 0 radical (unpaired) electrons. The standard InChI is InChI=1S/C15H14BrN3O2/c1-20-11-6-5-9(16)8-10(11)13-14(17)19-7-3-4-12(21-2)15(19)18-13/h3-8H,17H2,1-2H3. The minimum atomic E-state index is 0.542. The number of nitrogens with zero attached hydrogens (tertiary/aromatic N) is 2. The summed E-state index contributed by atoms with van der Waals surface area (Å²) in [4.78, 5) is 4.62. The second-order valence-electron chi connectivity index (χ2n) is 4.46. The lowest BCUT2D eigenvalue weighted by Gasteiger charge is -2.07. The number of aromatic nitrogens is 2. The van der Waals surface area contributed by atoms with E-state index in [4.69, 9.17) is 15.2 Å². The summed E-state index contributed by atoms with van der Waals surface area (Å²) < 4.78 is 13.5. The summed E-state index contributed by atoms with van der Waals surface area (Å²) in [6.07, 6.45) is 1.86. The molecule has 0 bridgehead atoms. The average molecular weight is 348 g/mol. The second kappa shape index (κ2) is 5.29. The lowest BCUT2D eigenvalue weighted by atomic mass is 10.1. The molecule has 6 heteroatoms. The van der Waals surface area contributed by atoms with Gasteiger partial charge in [0.25, 0.3) is 0 Å². The molecule has 0 unspecified atom stereocenters. The highest BCUT2D eigenvalue weighted by Gasteiger charge is 2.17. The molecule has 3 aromatic rings. The maximum absolute atomic E-state index is 6.24. The molecule has 0 amide bonds. The molecule has 0 aliphatic carbocycles. The van der Waals surface area contributed by atoms with Gasteiger partial charge in [-0.15, -0.1) is 0 Å². The molecular weight excluding hydrogens is 334 g/mol. The van der Waals surface area contributed by atoms with Gasteiger partial charge in [0.1, 0.15) is 17.3 Å². The molecule has 2 aromatic heterocycles. The predicted octanol–water partition coefficient (Wildman–Crippen LogP) is 3.36. The highest BCUT2D eigenvalue weighted by molar-refractivity contribution is 9.10. The number of halogens is 1. The molecule has 0 atom stereocenters. The highest BCUT2D eigenvalue weighted by Crippen LogP contribution is 2.37. The van der Waals surface area contributed by atoms with E-state index < -0.39 is 0 Å². The zero-order valence-electron chi connectivity index (χ0n) is 11.6. The van der Waals surface area contributed by atoms with Crippen LogP contribution < -0.4 is 15.2 Å². The second-order valence-corrected chi connectivity index (χ2v) is 5.38. The fraction of sp³-hybridized carbons (Fsp3) is 0.133. The van der Waals surface area contributed by atoms with E-state index in [2.05, 4.69) is 20.9 Å². The quantitative estimate of drug-likeness (QED) is 0.788. The van der Waals surface area contributed by atoms with Crippen LogP contribution in [0.5, 0.6) is 11.5 Å².